The number of aliphatic hydroxyl groups is 3. The number of aromatic nitrogens is 2. The summed E-state index contributed by atoms with van der Waals surface area (Å²) in [5, 5.41) is 34.1. The van der Waals surface area contributed by atoms with Crippen LogP contribution in [0.2, 0.25) is 5.02 Å². The summed E-state index contributed by atoms with van der Waals surface area (Å²) in [7, 11) is -4.53. The Bertz CT molecular complexity index is 1250. The Balaban J connectivity index is 2.21. The molecule has 13 nitrogen and oxygen atoms in total. The SMILES string of the molecule is CC(C)OC(=O)[C@H](C)NP(=O)(OC[C@H](F)[C@@H](O)[C@@](C)(O)[C@@H](O)n1ccc(=O)[nH]c1=O)Oc1ccc(Cl)cc1. The van der Waals surface area contributed by atoms with Crippen molar-refractivity contribution >= 4 is 25.3 Å². The van der Waals surface area contributed by atoms with Crippen LogP contribution in [0, 0.1) is 0 Å². The van der Waals surface area contributed by atoms with Crippen LogP contribution < -0.4 is 20.9 Å². The Morgan fingerprint density at radius 1 is 1.21 bits per heavy atom. The van der Waals surface area contributed by atoms with Gasteiger partial charge in [0.2, 0.25) is 0 Å². The van der Waals surface area contributed by atoms with Crippen molar-refractivity contribution < 1.29 is 42.9 Å². The van der Waals surface area contributed by atoms with Crippen molar-refractivity contribution in [3.8, 4) is 5.75 Å². The first-order valence-electron chi connectivity index (χ1n) is 11.3. The highest BCUT2D eigenvalue weighted by Crippen LogP contribution is 2.45. The lowest BCUT2D eigenvalue weighted by Gasteiger charge is -2.35. The molecule has 212 valence electrons. The molecule has 1 unspecified atom stereocenters. The van der Waals surface area contributed by atoms with E-state index in [9.17, 15) is 34.3 Å². The van der Waals surface area contributed by atoms with E-state index in [0.717, 1.165) is 19.2 Å². The number of aromatic amines is 1. The van der Waals surface area contributed by atoms with Crippen LogP contribution in [0.3, 0.4) is 0 Å². The van der Waals surface area contributed by atoms with Gasteiger partial charge in [-0.25, -0.2) is 13.8 Å². The number of ether oxygens (including phenoxy) is 1. The highest BCUT2D eigenvalue weighted by molar-refractivity contribution is 7.52. The van der Waals surface area contributed by atoms with Gasteiger partial charge in [0.05, 0.1) is 12.7 Å². The molecule has 0 fully saturated rings. The van der Waals surface area contributed by atoms with Gasteiger partial charge in [-0.3, -0.25) is 23.7 Å². The number of carbonyl (C=O) groups excluding carboxylic acids is 1. The Morgan fingerprint density at radius 3 is 2.37 bits per heavy atom. The lowest BCUT2D eigenvalue weighted by atomic mass is 9.93. The summed E-state index contributed by atoms with van der Waals surface area (Å²) in [6.07, 6.45) is -6.75. The zero-order valence-electron chi connectivity index (χ0n) is 20.9. The summed E-state index contributed by atoms with van der Waals surface area (Å²) in [5.74, 6) is -0.830. The van der Waals surface area contributed by atoms with Crippen LogP contribution in [-0.2, 0) is 18.6 Å². The third-order valence-corrected chi connectivity index (χ3v) is 6.97. The molecule has 0 spiro atoms. The highest BCUT2D eigenvalue weighted by Gasteiger charge is 2.45. The average molecular weight is 582 g/mol. The predicted molar refractivity (Wildman–Crippen MR) is 134 cm³/mol. The molecule has 1 aromatic heterocycles. The second kappa shape index (κ2) is 13.0. The molecule has 0 saturated heterocycles. The minimum atomic E-state index is -4.53. The van der Waals surface area contributed by atoms with Crippen molar-refractivity contribution in [2.75, 3.05) is 6.61 Å². The number of benzene rings is 1. The van der Waals surface area contributed by atoms with E-state index in [0.29, 0.717) is 9.59 Å². The van der Waals surface area contributed by atoms with Gasteiger partial charge in [-0.1, -0.05) is 11.6 Å². The summed E-state index contributed by atoms with van der Waals surface area (Å²) in [6.45, 7) is 4.17. The number of H-pyrrole nitrogens is 1. The third-order valence-electron chi connectivity index (χ3n) is 5.08. The Labute approximate surface area is 221 Å². The predicted octanol–water partition coefficient (Wildman–Crippen LogP) is 1.26. The fourth-order valence-corrected chi connectivity index (χ4v) is 4.65. The molecule has 0 aliphatic rings. The quantitative estimate of drug-likeness (QED) is 0.169. The average Bonchev–Trinajstić information content (AvgIpc) is 2.82. The minimum Gasteiger partial charge on any atom is -0.462 e. The van der Waals surface area contributed by atoms with E-state index in [2.05, 4.69) is 5.09 Å². The van der Waals surface area contributed by atoms with Crippen LogP contribution in [0.15, 0.2) is 46.1 Å². The first kappa shape index (κ1) is 31.6. The molecule has 2 rings (SSSR count). The fraction of sp³-hybridized carbons (Fsp3) is 0.500. The molecule has 2 aromatic rings. The molecule has 5 N–H and O–H groups in total. The van der Waals surface area contributed by atoms with E-state index in [1.54, 1.807) is 13.8 Å². The van der Waals surface area contributed by atoms with Gasteiger partial charge in [0.15, 0.2) is 12.4 Å². The molecule has 6 atom stereocenters. The summed E-state index contributed by atoms with van der Waals surface area (Å²) in [5.41, 5.74) is -4.62. The number of hydrogen-bond acceptors (Lipinski definition) is 10. The first-order chi connectivity index (χ1) is 17.6. The molecule has 16 heteroatoms. The topological polar surface area (TPSA) is 189 Å². The van der Waals surface area contributed by atoms with Gasteiger partial charge >= 0.3 is 19.4 Å². The summed E-state index contributed by atoms with van der Waals surface area (Å²) >= 11 is 5.83. The number of halogens is 2. The van der Waals surface area contributed by atoms with Crippen molar-refractivity contribution in [1.82, 2.24) is 14.6 Å². The normalized spacial score (nSPS) is 18.1. The van der Waals surface area contributed by atoms with Crippen molar-refractivity contribution in [2.45, 2.75) is 63.9 Å². The van der Waals surface area contributed by atoms with E-state index in [4.69, 9.17) is 25.4 Å². The molecule has 0 aliphatic heterocycles. The number of alkyl halides is 1. The van der Waals surface area contributed by atoms with Crippen molar-refractivity contribution in [3.05, 3.63) is 62.4 Å². The highest BCUT2D eigenvalue weighted by atomic mass is 35.5. The van der Waals surface area contributed by atoms with E-state index < -0.39 is 67.8 Å². The first-order valence-corrected chi connectivity index (χ1v) is 13.2. The maximum Gasteiger partial charge on any atom is 0.459 e. The zero-order valence-corrected chi connectivity index (χ0v) is 22.6. The Hall–Kier alpha value is -2.58. The van der Waals surface area contributed by atoms with Crippen LogP contribution in [0.5, 0.6) is 5.75 Å². The molecular weight excluding hydrogens is 552 g/mol. The molecule has 38 heavy (non-hydrogen) atoms. The third kappa shape index (κ3) is 8.46. The standard InChI is InChI=1S/C22H30ClFN3O10P/c1-12(2)36-19(30)13(3)26-38(34,37-15-7-5-14(23)6-8-15)35-11-16(24)18(29)22(4,33)20(31)27-10-9-17(28)25-21(27)32/h5-10,12-13,16,18,20,29,31,33H,11H2,1-4H3,(H,26,34)(H,25,28,32)/t13-,16-,18+,20+,22+,38?/m0/s1. The molecule has 0 bridgehead atoms. The number of hydrogen-bond donors (Lipinski definition) is 5. The van der Waals surface area contributed by atoms with Gasteiger partial charge < -0.3 is 24.6 Å². The molecular formula is C22H30ClFN3O10P. The number of rotatable bonds is 13. The Kier molecular flexibility index (Phi) is 10.8. The van der Waals surface area contributed by atoms with Gasteiger partial charge in [-0.15, -0.1) is 0 Å². The number of nitrogens with one attached hydrogen (secondary N) is 2. The monoisotopic (exact) mass is 581 g/mol. The lowest BCUT2D eigenvalue weighted by Crippen LogP contribution is -2.54. The molecule has 0 amide bonds. The van der Waals surface area contributed by atoms with Gasteiger partial charge in [0, 0.05) is 17.3 Å². The van der Waals surface area contributed by atoms with Crippen LogP contribution in [0.1, 0.15) is 33.9 Å². The minimum absolute atomic E-state index is 0.0227. The molecule has 0 aliphatic carbocycles. The van der Waals surface area contributed by atoms with E-state index in [-0.39, 0.29) is 5.75 Å². The van der Waals surface area contributed by atoms with Gasteiger partial charge in [-0.2, -0.15) is 5.09 Å². The smallest absolute Gasteiger partial charge is 0.459 e. The van der Waals surface area contributed by atoms with Gasteiger partial charge in [-0.05, 0) is 52.0 Å². The van der Waals surface area contributed by atoms with Crippen LogP contribution in [0.4, 0.5) is 4.39 Å². The second-order valence-corrected chi connectivity index (χ2v) is 10.9. The van der Waals surface area contributed by atoms with Crippen LogP contribution in [0.25, 0.3) is 0 Å². The fourth-order valence-electron chi connectivity index (χ4n) is 3.03. The van der Waals surface area contributed by atoms with E-state index in [1.165, 1.54) is 31.2 Å². The van der Waals surface area contributed by atoms with Gasteiger partial charge in [0.1, 0.15) is 23.5 Å². The molecule has 1 aromatic carbocycles. The van der Waals surface area contributed by atoms with Crippen molar-refractivity contribution in [1.29, 1.82) is 0 Å². The summed E-state index contributed by atoms with van der Waals surface area (Å²) in [6, 6.07) is 5.12. The lowest BCUT2D eigenvalue weighted by molar-refractivity contribution is -0.184. The van der Waals surface area contributed by atoms with Crippen LogP contribution >= 0.6 is 19.3 Å². The molecule has 0 radical (unpaired) electrons. The summed E-state index contributed by atoms with van der Waals surface area (Å²) < 4.78 is 44.5. The van der Waals surface area contributed by atoms with Crippen molar-refractivity contribution in [2.24, 2.45) is 0 Å². The number of nitrogens with zero attached hydrogens (tertiary/aromatic N) is 1. The largest absolute Gasteiger partial charge is 0.462 e. The van der Waals surface area contributed by atoms with E-state index in [1.807, 2.05) is 4.98 Å². The van der Waals surface area contributed by atoms with E-state index >= 15 is 4.39 Å². The maximum absolute atomic E-state index is 15.0. The molecule has 0 saturated carbocycles. The number of carbonyl (C=O) groups is 1. The number of esters is 1. The zero-order chi connectivity index (χ0) is 28.8. The maximum atomic E-state index is 15.0. The number of aliphatic hydroxyl groups excluding tert-OH is 2. The summed E-state index contributed by atoms with van der Waals surface area (Å²) in [4.78, 5) is 37.2. The van der Waals surface area contributed by atoms with Gasteiger partial charge in [0.25, 0.3) is 5.56 Å². The van der Waals surface area contributed by atoms with Crippen LogP contribution in [-0.4, -0.2) is 67.5 Å². The Morgan fingerprint density at radius 2 is 1.82 bits per heavy atom. The molecule has 1 heterocycles. The van der Waals surface area contributed by atoms with Crippen molar-refractivity contribution in [3.63, 3.8) is 0 Å². The second-order valence-electron chi connectivity index (χ2n) is 8.75.